The summed E-state index contributed by atoms with van der Waals surface area (Å²) in [5, 5.41) is 5.92. The van der Waals surface area contributed by atoms with E-state index in [1.807, 2.05) is 0 Å². The van der Waals surface area contributed by atoms with Gasteiger partial charge < -0.3 is 10.6 Å². The van der Waals surface area contributed by atoms with E-state index in [0.717, 1.165) is 0 Å². The molecule has 2 N–H and O–H groups in total. The maximum absolute atomic E-state index is 13.2. The third-order valence-corrected chi connectivity index (χ3v) is 3.21. The average Bonchev–Trinajstić information content (AvgIpc) is 3.07. The van der Waals surface area contributed by atoms with E-state index in [4.69, 9.17) is 0 Å². The molecule has 1 fully saturated rings. The highest BCUT2D eigenvalue weighted by molar-refractivity contribution is 9.10. The summed E-state index contributed by atoms with van der Waals surface area (Å²) in [5.41, 5.74) is 0.488. The molecule has 0 unspecified atom stereocenters. The van der Waals surface area contributed by atoms with Crippen LogP contribution in [0.3, 0.4) is 0 Å². The molecule has 2 rings (SSSR count). The summed E-state index contributed by atoms with van der Waals surface area (Å²) in [4.78, 5) is 11.5. The van der Waals surface area contributed by atoms with Crippen LogP contribution in [0.2, 0.25) is 0 Å². The Hall–Kier alpha value is -0.940. The Bertz CT molecular complexity index is 421. The monoisotopic (exact) mass is 300 g/mol. The Balaban J connectivity index is 1.77. The number of amides is 1. The van der Waals surface area contributed by atoms with Gasteiger partial charge in [0.25, 0.3) is 0 Å². The molecule has 5 heteroatoms. The largest absolute Gasteiger partial charge is 0.326 e. The van der Waals surface area contributed by atoms with Crippen molar-refractivity contribution in [1.29, 1.82) is 0 Å². The molecule has 0 aromatic heterocycles. The lowest BCUT2D eigenvalue weighted by molar-refractivity contribution is -0.116. The van der Waals surface area contributed by atoms with Gasteiger partial charge in [0.1, 0.15) is 5.82 Å². The number of rotatable bonds is 5. The zero-order valence-corrected chi connectivity index (χ0v) is 10.9. The van der Waals surface area contributed by atoms with E-state index in [0.29, 0.717) is 29.2 Å². The molecule has 0 radical (unpaired) electrons. The average molecular weight is 301 g/mol. The maximum Gasteiger partial charge on any atom is 0.225 e. The minimum Gasteiger partial charge on any atom is -0.326 e. The Labute approximate surface area is 108 Å². The van der Waals surface area contributed by atoms with Crippen LogP contribution in [0.1, 0.15) is 19.3 Å². The van der Waals surface area contributed by atoms with E-state index in [-0.39, 0.29) is 11.7 Å². The van der Waals surface area contributed by atoms with Crippen molar-refractivity contribution in [3.8, 4) is 0 Å². The summed E-state index contributed by atoms with van der Waals surface area (Å²) in [6, 6.07) is 5.15. The van der Waals surface area contributed by atoms with Crippen molar-refractivity contribution in [2.75, 3.05) is 11.9 Å². The lowest BCUT2D eigenvalue weighted by atomic mass is 10.3. The lowest BCUT2D eigenvalue weighted by Crippen LogP contribution is -2.23. The quantitative estimate of drug-likeness (QED) is 0.878. The second kappa shape index (κ2) is 5.60. The van der Waals surface area contributed by atoms with Gasteiger partial charge in [0.15, 0.2) is 0 Å². The molecule has 0 saturated heterocycles. The van der Waals surface area contributed by atoms with Crippen LogP contribution < -0.4 is 10.6 Å². The van der Waals surface area contributed by atoms with Gasteiger partial charge in [-0.05, 0) is 47.0 Å². The van der Waals surface area contributed by atoms with Crippen LogP contribution in [-0.4, -0.2) is 18.5 Å². The molecule has 0 atom stereocenters. The molecule has 1 aliphatic carbocycles. The molecule has 92 valence electrons. The minimum absolute atomic E-state index is 0.0973. The summed E-state index contributed by atoms with van der Waals surface area (Å²) in [6.07, 6.45) is 2.83. The Morgan fingerprint density at radius 2 is 2.24 bits per heavy atom. The molecule has 0 aliphatic heterocycles. The molecule has 17 heavy (non-hydrogen) atoms. The maximum atomic E-state index is 13.2. The molecule has 3 nitrogen and oxygen atoms in total. The number of nitrogens with one attached hydrogen (secondary N) is 2. The molecular formula is C12H14BrFN2O. The highest BCUT2D eigenvalue weighted by atomic mass is 79.9. The fourth-order valence-electron chi connectivity index (χ4n) is 1.47. The third-order valence-electron chi connectivity index (χ3n) is 2.57. The second-order valence-electron chi connectivity index (χ2n) is 4.16. The van der Waals surface area contributed by atoms with Crippen molar-refractivity contribution in [3.05, 3.63) is 28.5 Å². The number of carbonyl (C=O) groups is 1. The van der Waals surface area contributed by atoms with Crippen molar-refractivity contribution in [1.82, 2.24) is 5.32 Å². The highest BCUT2D eigenvalue weighted by Crippen LogP contribution is 2.20. The van der Waals surface area contributed by atoms with Gasteiger partial charge >= 0.3 is 0 Å². The summed E-state index contributed by atoms with van der Waals surface area (Å²) in [5.74, 6) is -0.473. The first-order chi connectivity index (χ1) is 8.15. The van der Waals surface area contributed by atoms with Gasteiger partial charge in [-0.1, -0.05) is 0 Å². The fourth-order valence-corrected chi connectivity index (χ4v) is 1.72. The summed E-state index contributed by atoms with van der Waals surface area (Å²) in [6.45, 7) is 0.676. The Kier molecular flexibility index (Phi) is 4.12. The van der Waals surface area contributed by atoms with Crippen molar-refractivity contribution in [2.45, 2.75) is 25.3 Å². The van der Waals surface area contributed by atoms with Crippen molar-refractivity contribution >= 4 is 27.5 Å². The summed E-state index contributed by atoms with van der Waals surface area (Å²) >= 11 is 3.06. The molecule has 1 aliphatic rings. The Morgan fingerprint density at radius 1 is 1.47 bits per heavy atom. The first kappa shape index (κ1) is 12.5. The third kappa shape index (κ3) is 4.09. The molecular weight excluding hydrogens is 287 g/mol. The number of halogens is 2. The van der Waals surface area contributed by atoms with Gasteiger partial charge in [-0.2, -0.15) is 0 Å². The van der Waals surface area contributed by atoms with Gasteiger partial charge in [-0.3, -0.25) is 4.79 Å². The van der Waals surface area contributed by atoms with Crippen LogP contribution in [0.5, 0.6) is 0 Å². The number of carbonyl (C=O) groups excluding carboxylic acids is 1. The van der Waals surface area contributed by atoms with Gasteiger partial charge in [0.2, 0.25) is 5.91 Å². The highest BCUT2D eigenvalue weighted by Gasteiger charge is 2.20. The van der Waals surface area contributed by atoms with Gasteiger partial charge in [-0.25, -0.2) is 4.39 Å². The summed E-state index contributed by atoms with van der Waals surface area (Å²) in [7, 11) is 0. The molecule has 0 heterocycles. The van der Waals surface area contributed by atoms with Crippen LogP contribution in [0, 0.1) is 5.82 Å². The first-order valence-electron chi connectivity index (χ1n) is 5.63. The number of anilines is 1. The van der Waals surface area contributed by atoms with E-state index in [1.54, 1.807) is 12.1 Å². The van der Waals surface area contributed by atoms with Crippen LogP contribution in [0.25, 0.3) is 0 Å². The Morgan fingerprint density at radius 3 is 2.88 bits per heavy atom. The molecule has 1 amide bonds. The number of hydrogen-bond donors (Lipinski definition) is 2. The standard InChI is InChI=1S/C12H14BrFN2O/c13-10-4-3-9(7-11(10)14)16-12(17)5-6-15-8-1-2-8/h3-4,7-8,15H,1-2,5-6H2,(H,16,17). The molecule has 1 saturated carbocycles. The van der Waals surface area contributed by atoms with Crippen molar-refractivity contribution < 1.29 is 9.18 Å². The number of hydrogen-bond acceptors (Lipinski definition) is 2. The van der Waals surface area contributed by atoms with E-state index in [9.17, 15) is 9.18 Å². The molecule has 0 bridgehead atoms. The van der Waals surface area contributed by atoms with Gasteiger partial charge in [0, 0.05) is 24.7 Å². The fraction of sp³-hybridized carbons (Fsp3) is 0.417. The molecule has 0 spiro atoms. The van der Waals surface area contributed by atoms with Crippen LogP contribution in [0.4, 0.5) is 10.1 Å². The lowest BCUT2D eigenvalue weighted by Gasteiger charge is -2.06. The van der Waals surface area contributed by atoms with Crippen LogP contribution in [0.15, 0.2) is 22.7 Å². The van der Waals surface area contributed by atoms with E-state index in [1.165, 1.54) is 18.9 Å². The van der Waals surface area contributed by atoms with Crippen LogP contribution in [-0.2, 0) is 4.79 Å². The van der Waals surface area contributed by atoms with Crippen molar-refractivity contribution in [3.63, 3.8) is 0 Å². The van der Waals surface area contributed by atoms with Crippen molar-refractivity contribution in [2.24, 2.45) is 0 Å². The molecule has 1 aromatic rings. The normalized spacial score (nSPS) is 14.7. The minimum atomic E-state index is -0.376. The van der Waals surface area contributed by atoms with E-state index >= 15 is 0 Å². The van der Waals surface area contributed by atoms with E-state index < -0.39 is 0 Å². The number of benzene rings is 1. The van der Waals surface area contributed by atoms with E-state index in [2.05, 4.69) is 26.6 Å². The SMILES string of the molecule is O=C(CCNC1CC1)Nc1ccc(Br)c(F)c1. The van der Waals surface area contributed by atoms with Crippen LogP contribution >= 0.6 is 15.9 Å². The van der Waals surface area contributed by atoms with Gasteiger partial charge in [-0.15, -0.1) is 0 Å². The molecule has 1 aromatic carbocycles. The zero-order chi connectivity index (χ0) is 12.3. The smallest absolute Gasteiger partial charge is 0.225 e. The predicted octanol–water partition coefficient (Wildman–Crippen LogP) is 2.67. The predicted molar refractivity (Wildman–Crippen MR) is 68.4 cm³/mol. The summed E-state index contributed by atoms with van der Waals surface area (Å²) < 4.78 is 13.6. The second-order valence-corrected chi connectivity index (χ2v) is 5.01. The van der Waals surface area contributed by atoms with Gasteiger partial charge in [0.05, 0.1) is 4.47 Å². The first-order valence-corrected chi connectivity index (χ1v) is 6.43. The zero-order valence-electron chi connectivity index (χ0n) is 9.30. The topological polar surface area (TPSA) is 41.1 Å².